The summed E-state index contributed by atoms with van der Waals surface area (Å²) in [6.07, 6.45) is -1.53. The van der Waals surface area contributed by atoms with Crippen LogP contribution in [0.25, 0.3) is 11.1 Å². The average molecular weight is 564 g/mol. The van der Waals surface area contributed by atoms with Gasteiger partial charge in [-0.15, -0.1) is 0 Å². The molecule has 12 heteroatoms. The number of alkyl halides is 3. The van der Waals surface area contributed by atoms with Crippen molar-refractivity contribution in [2.45, 2.75) is 24.4 Å². The number of ether oxygens (including phenoxy) is 1. The fourth-order valence-corrected chi connectivity index (χ4v) is 6.67. The highest BCUT2D eigenvalue weighted by Crippen LogP contribution is 2.42. The Morgan fingerprint density at radius 3 is 2.44 bits per heavy atom. The molecule has 2 aromatic carbocycles. The van der Waals surface area contributed by atoms with E-state index in [2.05, 4.69) is 4.98 Å². The molecule has 7 nitrogen and oxygen atoms in total. The van der Waals surface area contributed by atoms with Gasteiger partial charge in [0.15, 0.2) is 0 Å². The molecule has 0 N–H and O–H groups in total. The van der Waals surface area contributed by atoms with Crippen LogP contribution in [0.15, 0.2) is 59.8 Å². The Labute approximate surface area is 223 Å². The maximum Gasteiger partial charge on any atom is 0.416 e. The zero-order chi connectivity index (χ0) is 28.2. The number of rotatable bonds is 6. The molecule has 3 heterocycles. The second kappa shape index (κ2) is 9.68. The standard InChI is InChI=1S/C27H25F4N3O4S/c1-3-17-9-20(28)4-5-22(17)23-6-7-32-12-24(23)33(2)25(35)18-8-19(27(29,30)31)11-21(10-18)39(36,37)34-13-26(14-34)15-38-16-26/h4-12H,3,13-16H2,1-2H3. The first-order chi connectivity index (χ1) is 18.3. The topological polar surface area (TPSA) is 79.8 Å². The molecule has 0 saturated carbocycles. The molecule has 2 aliphatic heterocycles. The van der Waals surface area contributed by atoms with Crippen molar-refractivity contribution in [3.05, 3.63) is 77.4 Å². The number of amides is 1. The van der Waals surface area contributed by atoms with Crippen LogP contribution in [-0.2, 0) is 27.4 Å². The molecule has 206 valence electrons. The molecule has 0 radical (unpaired) electrons. The highest BCUT2D eigenvalue weighted by Gasteiger charge is 2.53. The van der Waals surface area contributed by atoms with Gasteiger partial charge in [0, 0.05) is 42.9 Å². The number of aromatic nitrogens is 1. The lowest BCUT2D eigenvalue weighted by molar-refractivity contribution is -0.166. The van der Waals surface area contributed by atoms with E-state index in [1.807, 2.05) is 6.92 Å². The van der Waals surface area contributed by atoms with Crippen molar-refractivity contribution in [3.8, 4) is 11.1 Å². The van der Waals surface area contributed by atoms with Crippen LogP contribution in [0.2, 0.25) is 0 Å². The van der Waals surface area contributed by atoms with Crippen molar-refractivity contribution in [1.82, 2.24) is 9.29 Å². The van der Waals surface area contributed by atoms with Gasteiger partial charge in [-0.05, 0) is 53.9 Å². The number of hydrogen-bond donors (Lipinski definition) is 0. The van der Waals surface area contributed by atoms with Gasteiger partial charge < -0.3 is 9.64 Å². The Hall–Kier alpha value is -3.35. The summed E-state index contributed by atoms with van der Waals surface area (Å²) in [5.41, 5.74) is 0.0990. The van der Waals surface area contributed by atoms with Crippen LogP contribution in [0.1, 0.15) is 28.4 Å². The van der Waals surface area contributed by atoms with Gasteiger partial charge in [0.1, 0.15) is 5.82 Å². The van der Waals surface area contributed by atoms with Crippen LogP contribution in [0, 0.1) is 11.2 Å². The lowest BCUT2D eigenvalue weighted by Crippen LogP contribution is -2.66. The smallest absolute Gasteiger partial charge is 0.380 e. The Bertz CT molecular complexity index is 1550. The predicted octanol–water partition coefficient (Wildman–Crippen LogP) is 4.77. The molecule has 1 aromatic heterocycles. The van der Waals surface area contributed by atoms with Crippen LogP contribution in [-0.4, -0.2) is 57.0 Å². The van der Waals surface area contributed by atoms with Crippen LogP contribution in [0.5, 0.6) is 0 Å². The highest BCUT2D eigenvalue weighted by atomic mass is 32.2. The number of halogens is 4. The number of aryl methyl sites for hydroxylation is 1. The van der Waals surface area contributed by atoms with Crippen LogP contribution in [0.4, 0.5) is 23.2 Å². The lowest BCUT2D eigenvalue weighted by atomic mass is 9.80. The minimum absolute atomic E-state index is 0.144. The summed E-state index contributed by atoms with van der Waals surface area (Å²) in [5.74, 6) is -1.29. The number of nitrogens with zero attached hydrogens (tertiary/aromatic N) is 3. The van der Waals surface area contributed by atoms with Crippen LogP contribution in [0.3, 0.4) is 0 Å². The summed E-state index contributed by atoms with van der Waals surface area (Å²) in [5, 5.41) is 0. The molecular weight excluding hydrogens is 538 g/mol. The van der Waals surface area contributed by atoms with Crippen LogP contribution >= 0.6 is 0 Å². The molecule has 0 atom stereocenters. The van der Waals surface area contributed by atoms with Crippen molar-refractivity contribution in [3.63, 3.8) is 0 Å². The first kappa shape index (κ1) is 27.2. The molecule has 39 heavy (non-hydrogen) atoms. The van der Waals surface area contributed by atoms with E-state index in [1.54, 1.807) is 12.1 Å². The van der Waals surface area contributed by atoms with E-state index in [9.17, 15) is 30.8 Å². The summed E-state index contributed by atoms with van der Waals surface area (Å²) < 4.78 is 88.0. The molecule has 1 spiro atoms. The summed E-state index contributed by atoms with van der Waals surface area (Å²) in [6, 6.07) is 8.00. The minimum atomic E-state index is -4.89. The number of hydrogen-bond acceptors (Lipinski definition) is 5. The molecule has 3 aromatic rings. The van der Waals surface area contributed by atoms with Gasteiger partial charge in [0.25, 0.3) is 5.91 Å². The molecule has 0 unspecified atom stereocenters. The van der Waals surface area contributed by atoms with Crippen LogP contribution < -0.4 is 4.90 Å². The molecule has 1 amide bonds. The second-order valence-corrected chi connectivity index (χ2v) is 11.9. The van der Waals surface area contributed by atoms with Crippen molar-refractivity contribution >= 4 is 21.6 Å². The lowest BCUT2D eigenvalue weighted by Gasteiger charge is -2.53. The minimum Gasteiger partial charge on any atom is -0.380 e. The van der Waals surface area contributed by atoms with Gasteiger partial charge in [0.05, 0.1) is 35.6 Å². The monoisotopic (exact) mass is 563 g/mol. The average Bonchev–Trinajstić information content (AvgIpc) is 2.85. The van der Waals surface area contributed by atoms with Gasteiger partial charge in [-0.2, -0.15) is 17.5 Å². The SMILES string of the molecule is CCc1cc(F)ccc1-c1ccncc1N(C)C(=O)c1cc(C(F)(F)F)cc(S(=O)(=O)N2CC3(COC3)C2)c1. The predicted molar refractivity (Wildman–Crippen MR) is 135 cm³/mol. The maximum absolute atomic E-state index is 13.9. The zero-order valence-corrected chi connectivity index (χ0v) is 21.9. The number of carbonyl (C=O) groups is 1. The Morgan fingerprint density at radius 2 is 1.82 bits per heavy atom. The number of carbonyl (C=O) groups excluding carboxylic acids is 1. The molecule has 5 rings (SSSR count). The molecule has 0 bridgehead atoms. The number of anilines is 1. The summed E-state index contributed by atoms with van der Waals surface area (Å²) in [6.45, 7) is 2.93. The molecule has 2 aliphatic rings. The summed E-state index contributed by atoms with van der Waals surface area (Å²) in [7, 11) is -2.92. The van der Waals surface area contributed by atoms with E-state index >= 15 is 0 Å². The molecule has 0 aliphatic carbocycles. The van der Waals surface area contributed by atoms with Gasteiger partial charge in [-0.3, -0.25) is 9.78 Å². The van der Waals surface area contributed by atoms with Gasteiger partial charge in [-0.25, -0.2) is 12.8 Å². The molecule has 2 saturated heterocycles. The van der Waals surface area contributed by atoms with Crippen molar-refractivity contribution in [1.29, 1.82) is 0 Å². The third kappa shape index (κ3) is 4.92. The normalized spacial score (nSPS) is 17.0. The quantitative estimate of drug-likeness (QED) is 0.404. The number of pyridine rings is 1. The fourth-order valence-electron chi connectivity index (χ4n) is 4.93. The summed E-state index contributed by atoms with van der Waals surface area (Å²) >= 11 is 0. The molecule has 2 fully saturated rings. The van der Waals surface area contributed by atoms with E-state index in [4.69, 9.17) is 4.74 Å². The maximum atomic E-state index is 13.9. The first-order valence-corrected chi connectivity index (χ1v) is 13.6. The fraction of sp³-hybridized carbons (Fsp3) is 0.333. The Balaban J connectivity index is 1.53. The van der Waals surface area contributed by atoms with Crippen molar-refractivity contribution in [2.24, 2.45) is 5.41 Å². The Morgan fingerprint density at radius 1 is 1.10 bits per heavy atom. The van der Waals surface area contributed by atoms with Gasteiger partial charge >= 0.3 is 6.18 Å². The molecular formula is C27H25F4N3O4S. The summed E-state index contributed by atoms with van der Waals surface area (Å²) in [4.78, 5) is 18.1. The van der Waals surface area contributed by atoms with E-state index in [1.165, 1.54) is 31.6 Å². The number of benzene rings is 2. The third-order valence-electron chi connectivity index (χ3n) is 7.16. The first-order valence-electron chi connectivity index (χ1n) is 12.2. The van der Waals surface area contributed by atoms with Crippen molar-refractivity contribution in [2.75, 3.05) is 38.3 Å². The van der Waals surface area contributed by atoms with E-state index in [0.29, 0.717) is 48.5 Å². The Kier molecular flexibility index (Phi) is 6.76. The van der Waals surface area contributed by atoms with E-state index in [-0.39, 0.29) is 24.2 Å². The third-order valence-corrected chi connectivity index (χ3v) is 8.93. The zero-order valence-electron chi connectivity index (χ0n) is 21.1. The number of sulfonamides is 1. The van der Waals surface area contributed by atoms with E-state index in [0.717, 1.165) is 15.3 Å². The van der Waals surface area contributed by atoms with Gasteiger partial charge in [0.2, 0.25) is 10.0 Å². The largest absolute Gasteiger partial charge is 0.416 e. The van der Waals surface area contributed by atoms with Gasteiger partial charge in [-0.1, -0.05) is 13.0 Å². The van der Waals surface area contributed by atoms with E-state index < -0.39 is 43.9 Å². The van der Waals surface area contributed by atoms with Crippen molar-refractivity contribution < 1.29 is 35.5 Å². The highest BCUT2D eigenvalue weighted by molar-refractivity contribution is 7.89. The second-order valence-electron chi connectivity index (χ2n) is 9.92.